The summed E-state index contributed by atoms with van der Waals surface area (Å²) in [6.07, 6.45) is 3.02. The summed E-state index contributed by atoms with van der Waals surface area (Å²) in [5.41, 5.74) is -0.418. The Bertz CT molecular complexity index is 442. The van der Waals surface area contributed by atoms with Crippen LogP contribution in [0.3, 0.4) is 0 Å². The van der Waals surface area contributed by atoms with Gasteiger partial charge in [0.25, 0.3) is 0 Å². The molecule has 2 aliphatic rings. The van der Waals surface area contributed by atoms with E-state index in [9.17, 15) is 9.59 Å². The second-order valence-electron chi connectivity index (χ2n) is 6.65. The van der Waals surface area contributed by atoms with Crippen molar-refractivity contribution in [2.45, 2.75) is 39.2 Å². The Morgan fingerprint density at radius 2 is 1.95 bits per heavy atom. The fraction of sp³-hybridized carbons (Fsp3) is 0.714. The van der Waals surface area contributed by atoms with Crippen LogP contribution in [-0.4, -0.2) is 47.9 Å². The number of ether oxygens (including phenoxy) is 1. The van der Waals surface area contributed by atoms with Gasteiger partial charge in [-0.15, -0.1) is 0 Å². The molecule has 0 bridgehead atoms. The average Bonchev–Trinajstić information content (AvgIpc) is 2.95. The van der Waals surface area contributed by atoms with Gasteiger partial charge in [-0.1, -0.05) is 0 Å². The molecule has 0 radical (unpaired) electrons. The van der Waals surface area contributed by atoms with Gasteiger partial charge in [0.15, 0.2) is 5.78 Å². The van der Waals surface area contributed by atoms with E-state index >= 15 is 0 Å². The van der Waals surface area contributed by atoms with Gasteiger partial charge >= 0.3 is 6.09 Å². The molecule has 5 nitrogen and oxygen atoms in total. The summed E-state index contributed by atoms with van der Waals surface area (Å²) in [5, 5.41) is 0. The number of rotatable bonds is 1. The van der Waals surface area contributed by atoms with E-state index in [4.69, 9.17) is 4.74 Å². The van der Waals surface area contributed by atoms with E-state index in [-0.39, 0.29) is 11.2 Å². The molecule has 1 spiro atoms. The monoisotopic (exact) mass is 266 g/mol. The molecule has 1 heterocycles. The quantitative estimate of drug-likeness (QED) is 0.681. The van der Waals surface area contributed by atoms with Crippen LogP contribution in [0.1, 0.15) is 33.6 Å². The van der Waals surface area contributed by atoms with Crippen LogP contribution in [0.5, 0.6) is 0 Å². The zero-order chi connectivity index (χ0) is 14.4. The Hall–Kier alpha value is -1.52. The molecule has 2 fully saturated rings. The number of amides is 1. The van der Waals surface area contributed by atoms with E-state index in [0.29, 0.717) is 12.2 Å². The lowest BCUT2D eigenvalue weighted by Crippen LogP contribution is -2.35. The zero-order valence-corrected chi connectivity index (χ0v) is 12.3. The predicted octanol–water partition coefficient (Wildman–Crippen LogP) is 1.99. The third-order valence-corrected chi connectivity index (χ3v) is 3.31. The number of ketones is 1. The lowest BCUT2D eigenvalue weighted by atomic mass is 10.0. The van der Waals surface area contributed by atoms with Gasteiger partial charge in [0, 0.05) is 26.8 Å². The molecule has 0 atom stereocenters. The van der Waals surface area contributed by atoms with Crippen molar-refractivity contribution in [2.24, 2.45) is 5.41 Å². The van der Waals surface area contributed by atoms with Crippen molar-refractivity contribution < 1.29 is 14.3 Å². The number of hydrogen-bond donors (Lipinski definition) is 0. The van der Waals surface area contributed by atoms with E-state index in [1.165, 1.54) is 4.90 Å². The molecule has 0 N–H and O–H groups in total. The van der Waals surface area contributed by atoms with Crippen LogP contribution in [0.25, 0.3) is 0 Å². The number of hydrogen-bond acceptors (Lipinski definition) is 4. The molecule has 0 aromatic heterocycles. The SMILES string of the molecule is CN(C)/C=C1/C(=O)C2(CC2)CN1C(=O)OC(C)(C)C. The second kappa shape index (κ2) is 4.25. The first-order chi connectivity index (χ1) is 8.65. The summed E-state index contributed by atoms with van der Waals surface area (Å²) in [7, 11) is 3.68. The van der Waals surface area contributed by atoms with Gasteiger partial charge in [0.2, 0.25) is 0 Å². The van der Waals surface area contributed by atoms with Gasteiger partial charge in [0.1, 0.15) is 11.3 Å². The molecule has 106 valence electrons. The Kier molecular flexibility index (Phi) is 3.11. The maximum atomic E-state index is 12.4. The maximum Gasteiger partial charge on any atom is 0.414 e. The maximum absolute atomic E-state index is 12.4. The van der Waals surface area contributed by atoms with E-state index in [0.717, 1.165) is 12.8 Å². The number of nitrogens with zero attached hydrogens (tertiary/aromatic N) is 2. The smallest absolute Gasteiger partial charge is 0.414 e. The van der Waals surface area contributed by atoms with Gasteiger partial charge in [-0.2, -0.15) is 0 Å². The van der Waals surface area contributed by atoms with Gasteiger partial charge < -0.3 is 9.64 Å². The Morgan fingerprint density at radius 3 is 2.37 bits per heavy atom. The fourth-order valence-electron chi connectivity index (χ4n) is 2.24. The highest BCUT2D eigenvalue weighted by molar-refractivity contribution is 6.06. The zero-order valence-electron chi connectivity index (χ0n) is 12.3. The molecule has 19 heavy (non-hydrogen) atoms. The molecular formula is C14H22N2O3. The van der Waals surface area contributed by atoms with Crippen molar-refractivity contribution in [1.29, 1.82) is 0 Å². The van der Waals surface area contributed by atoms with Crippen LogP contribution in [0.4, 0.5) is 4.79 Å². The fourth-order valence-corrected chi connectivity index (χ4v) is 2.24. The average molecular weight is 266 g/mol. The van der Waals surface area contributed by atoms with Gasteiger partial charge in [-0.3, -0.25) is 9.69 Å². The summed E-state index contributed by atoms with van der Waals surface area (Å²) in [6.45, 7) is 5.93. The minimum Gasteiger partial charge on any atom is -0.443 e. The predicted molar refractivity (Wildman–Crippen MR) is 71.4 cm³/mol. The van der Waals surface area contributed by atoms with Crippen LogP contribution in [0, 0.1) is 5.41 Å². The second-order valence-corrected chi connectivity index (χ2v) is 6.65. The highest BCUT2D eigenvalue weighted by Gasteiger charge is 2.59. The largest absolute Gasteiger partial charge is 0.443 e. The van der Waals surface area contributed by atoms with Crippen LogP contribution in [-0.2, 0) is 9.53 Å². The normalized spacial score (nSPS) is 23.1. The molecule has 1 amide bonds. The molecule has 1 saturated carbocycles. The number of carbonyl (C=O) groups excluding carboxylic acids is 2. The number of allylic oxidation sites excluding steroid dienone is 1. The Morgan fingerprint density at radius 1 is 1.37 bits per heavy atom. The van der Waals surface area contributed by atoms with Crippen LogP contribution >= 0.6 is 0 Å². The third kappa shape index (κ3) is 2.74. The molecule has 0 unspecified atom stereocenters. The highest BCUT2D eigenvalue weighted by atomic mass is 16.6. The highest BCUT2D eigenvalue weighted by Crippen LogP contribution is 2.53. The lowest BCUT2D eigenvalue weighted by Gasteiger charge is -2.25. The van der Waals surface area contributed by atoms with Crippen molar-refractivity contribution in [2.75, 3.05) is 20.6 Å². The van der Waals surface area contributed by atoms with Crippen molar-refractivity contribution in [1.82, 2.24) is 9.80 Å². The van der Waals surface area contributed by atoms with Crippen LogP contribution in [0.15, 0.2) is 11.9 Å². The van der Waals surface area contributed by atoms with Crippen LogP contribution in [0.2, 0.25) is 0 Å². The Labute approximate surface area is 114 Å². The molecule has 5 heteroatoms. The summed E-state index contributed by atoms with van der Waals surface area (Å²) in [5.74, 6) is 0.0760. The number of carbonyl (C=O) groups is 2. The van der Waals surface area contributed by atoms with Crippen LogP contribution < -0.4 is 0 Å². The van der Waals surface area contributed by atoms with Gasteiger partial charge in [0.05, 0.1) is 5.41 Å². The van der Waals surface area contributed by atoms with Gasteiger partial charge in [-0.25, -0.2) is 4.79 Å². The van der Waals surface area contributed by atoms with Crippen molar-refractivity contribution in [3.63, 3.8) is 0 Å². The number of likely N-dealkylation sites (tertiary alicyclic amines) is 1. The molecule has 1 saturated heterocycles. The van der Waals surface area contributed by atoms with E-state index in [2.05, 4.69) is 0 Å². The molecule has 2 rings (SSSR count). The van der Waals surface area contributed by atoms with Crippen molar-refractivity contribution in [3.8, 4) is 0 Å². The number of Topliss-reactive ketones (excluding diaryl/α,β-unsaturated/α-hetero) is 1. The van der Waals surface area contributed by atoms with E-state index in [1.54, 1.807) is 11.1 Å². The van der Waals surface area contributed by atoms with Gasteiger partial charge in [-0.05, 0) is 33.6 Å². The topological polar surface area (TPSA) is 49.9 Å². The summed E-state index contributed by atoms with van der Waals surface area (Å²) < 4.78 is 5.38. The minimum absolute atomic E-state index is 0.0760. The first kappa shape index (κ1) is 13.9. The Balaban J connectivity index is 2.23. The first-order valence-corrected chi connectivity index (χ1v) is 6.58. The molecule has 1 aliphatic heterocycles. The lowest BCUT2D eigenvalue weighted by molar-refractivity contribution is -0.118. The minimum atomic E-state index is -0.553. The van der Waals surface area contributed by atoms with E-state index < -0.39 is 11.7 Å². The third-order valence-electron chi connectivity index (χ3n) is 3.31. The molecule has 0 aromatic rings. The standard InChI is InChI=1S/C14H22N2O3/c1-13(2,3)19-12(18)16-9-14(6-7-14)11(17)10(16)8-15(4)5/h8H,6-7,9H2,1-5H3/b10-8-. The van der Waals surface area contributed by atoms with Crippen molar-refractivity contribution in [3.05, 3.63) is 11.9 Å². The molecular weight excluding hydrogens is 244 g/mol. The van der Waals surface area contributed by atoms with Crippen molar-refractivity contribution >= 4 is 11.9 Å². The summed E-state index contributed by atoms with van der Waals surface area (Å²) in [6, 6.07) is 0. The first-order valence-electron chi connectivity index (χ1n) is 6.58. The van der Waals surface area contributed by atoms with E-state index in [1.807, 2.05) is 34.9 Å². The summed E-state index contributed by atoms with van der Waals surface area (Å²) >= 11 is 0. The summed E-state index contributed by atoms with van der Waals surface area (Å²) in [4.78, 5) is 27.8. The molecule has 0 aromatic carbocycles. The molecule has 1 aliphatic carbocycles.